The second kappa shape index (κ2) is 7.81. The van der Waals surface area contributed by atoms with Crippen molar-refractivity contribution in [1.29, 1.82) is 0 Å². The fourth-order valence-electron chi connectivity index (χ4n) is 1.95. The molecule has 0 aromatic heterocycles. The number of amides is 1. The topological polar surface area (TPSA) is 38.3 Å². The van der Waals surface area contributed by atoms with Crippen molar-refractivity contribution in [3.8, 4) is 0 Å². The number of benzene rings is 2. The molecule has 0 radical (unpaired) electrons. The van der Waals surface area contributed by atoms with Gasteiger partial charge in [0.15, 0.2) is 0 Å². The average Bonchev–Trinajstić information content (AvgIpc) is 2.54. The summed E-state index contributed by atoms with van der Waals surface area (Å²) >= 11 is 6.22. The molecule has 0 saturated heterocycles. The SMILES string of the molecule is CCOCc1ccccc1NC(=O)C(Cl)c1ccccc1. The second-order valence-electron chi connectivity index (χ2n) is 4.56. The first kappa shape index (κ1) is 15.5. The van der Waals surface area contributed by atoms with Gasteiger partial charge >= 0.3 is 0 Å². The number of para-hydroxylation sites is 1. The minimum absolute atomic E-state index is 0.244. The molecule has 4 heteroatoms. The highest BCUT2D eigenvalue weighted by Crippen LogP contribution is 2.24. The number of anilines is 1. The Balaban J connectivity index is 2.09. The number of ether oxygens (including phenoxy) is 1. The summed E-state index contributed by atoms with van der Waals surface area (Å²) in [6.07, 6.45) is 0. The number of alkyl halides is 1. The number of carbonyl (C=O) groups is 1. The van der Waals surface area contributed by atoms with Gasteiger partial charge in [0.25, 0.3) is 0 Å². The molecule has 0 fully saturated rings. The number of hydrogen-bond acceptors (Lipinski definition) is 2. The van der Waals surface area contributed by atoms with E-state index in [9.17, 15) is 4.79 Å². The van der Waals surface area contributed by atoms with Gasteiger partial charge in [0, 0.05) is 17.9 Å². The summed E-state index contributed by atoms with van der Waals surface area (Å²) in [5.74, 6) is -0.244. The van der Waals surface area contributed by atoms with Crippen LogP contribution in [0.15, 0.2) is 54.6 Å². The summed E-state index contributed by atoms with van der Waals surface area (Å²) in [4.78, 5) is 12.3. The van der Waals surface area contributed by atoms with Gasteiger partial charge in [-0.25, -0.2) is 0 Å². The van der Waals surface area contributed by atoms with Crippen molar-refractivity contribution in [2.45, 2.75) is 18.9 Å². The number of hydrogen-bond donors (Lipinski definition) is 1. The molecule has 0 heterocycles. The molecule has 1 atom stereocenters. The van der Waals surface area contributed by atoms with Gasteiger partial charge in [-0.2, -0.15) is 0 Å². The van der Waals surface area contributed by atoms with Crippen LogP contribution in [0.3, 0.4) is 0 Å². The van der Waals surface area contributed by atoms with Gasteiger partial charge in [-0.3, -0.25) is 4.79 Å². The first-order chi connectivity index (χ1) is 10.2. The van der Waals surface area contributed by atoms with Crippen LogP contribution < -0.4 is 5.32 Å². The molecule has 0 aliphatic heterocycles. The molecular formula is C17H18ClNO2. The molecule has 0 saturated carbocycles. The molecule has 0 spiro atoms. The highest BCUT2D eigenvalue weighted by atomic mass is 35.5. The lowest BCUT2D eigenvalue weighted by Gasteiger charge is -2.14. The monoisotopic (exact) mass is 303 g/mol. The minimum Gasteiger partial charge on any atom is -0.377 e. The van der Waals surface area contributed by atoms with Crippen LogP contribution in [-0.2, 0) is 16.1 Å². The van der Waals surface area contributed by atoms with E-state index < -0.39 is 5.38 Å². The van der Waals surface area contributed by atoms with Crippen LogP contribution in [0.2, 0.25) is 0 Å². The molecule has 1 amide bonds. The van der Waals surface area contributed by atoms with Gasteiger partial charge in [-0.15, -0.1) is 11.6 Å². The van der Waals surface area contributed by atoms with E-state index in [0.717, 1.165) is 16.8 Å². The molecule has 2 aromatic carbocycles. The number of rotatable bonds is 6. The van der Waals surface area contributed by atoms with E-state index in [4.69, 9.17) is 16.3 Å². The van der Waals surface area contributed by atoms with E-state index in [1.165, 1.54) is 0 Å². The first-order valence-electron chi connectivity index (χ1n) is 6.88. The summed E-state index contributed by atoms with van der Waals surface area (Å²) in [7, 11) is 0. The maximum absolute atomic E-state index is 12.3. The predicted octanol–water partition coefficient (Wildman–Crippen LogP) is 4.14. The molecule has 3 nitrogen and oxygen atoms in total. The van der Waals surface area contributed by atoms with Crippen molar-refractivity contribution in [2.75, 3.05) is 11.9 Å². The highest BCUT2D eigenvalue weighted by molar-refractivity contribution is 6.32. The van der Waals surface area contributed by atoms with Crippen LogP contribution in [0.4, 0.5) is 5.69 Å². The number of carbonyl (C=O) groups excluding carboxylic acids is 1. The molecule has 2 aromatic rings. The van der Waals surface area contributed by atoms with Crippen molar-refractivity contribution >= 4 is 23.2 Å². The zero-order valence-electron chi connectivity index (χ0n) is 11.9. The molecule has 0 bridgehead atoms. The van der Waals surface area contributed by atoms with E-state index in [2.05, 4.69) is 5.32 Å². The fourth-order valence-corrected chi connectivity index (χ4v) is 2.15. The van der Waals surface area contributed by atoms with Gasteiger partial charge in [-0.1, -0.05) is 48.5 Å². The molecule has 0 aliphatic carbocycles. The Morgan fingerprint density at radius 3 is 2.52 bits per heavy atom. The molecule has 1 unspecified atom stereocenters. The van der Waals surface area contributed by atoms with Crippen LogP contribution in [0.1, 0.15) is 23.4 Å². The maximum atomic E-state index is 12.3. The summed E-state index contributed by atoms with van der Waals surface area (Å²) in [6.45, 7) is 3.03. The number of nitrogens with one attached hydrogen (secondary N) is 1. The maximum Gasteiger partial charge on any atom is 0.246 e. The molecule has 2 rings (SSSR count). The lowest BCUT2D eigenvalue weighted by molar-refractivity contribution is -0.116. The van der Waals surface area contributed by atoms with Crippen LogP contribution in [0.25, 0.3) is 0 Å². The quantitative estimate of drug-likeness (QED) is 0.814. The average molecular weight is 304 g/mol. The van der Waals surface area contributed by atoms with Gasteiger partial charge < -0.3 is 10.1 Å². The molecule has 0 aliphatic rings. The lowest BCUT2D eigenvalue weighted by Crippen LogP contribution is -2.18. The van der Waals surface area contributed by atoms with Crippen LogP contribution in [-0.4, -0.2) is 12.5 Å². The summed E-state index contributed by atoms with van der Waals surface area (Å²) < 4.78 is 5.40. The third-order valence-electron chi connectivity index (χ3n) is 3.06. The van der Waals surface area contributed by atoms with E-state index in [1.54, 1.807) is 0 Å². The third-order valence-corrected chi connectivity index (χ3v) is 3.51. The zero-order chi connectivity index (χ0) is 15.1. The third kappa shape index (κ3) is 4.31. The molecular weight excluding hydrogens is 286 g/mol. The van der Waals surface area contributed by atoms with Crippen LogP contribution >= 0.6 is 11.6 Å². The standard InChI is InChI=1S/C17H18ClNO2/c1-2-21-12-14-10-6-7-11-15(14)19-17(20)16(18)13-8-4-3-5-9-13/h3-11,16H,2,12H2,1H3,(H,19,20). The van der Waals surface area contributed by atoms with Crippen molar-refractivity contribution in [3.63, 3.8) is 0 Å². The summed E-state index contributed by atoms with van der Waals surface area (Å²) in [5.41, 5.74) is 2.45. The van der Waals surface area contributed by atoms with E-state index in [1.807, 2.05) is 61.5 Å². The Kier molecular flexibility index (Phi) is 5.78. The highest BCUT2D eigenvalue weighted by Gasteiger charge is 2.18. The predicted molar refractivity (Wildman–Crippen MR) is 85.4 cm³/mol. The van der Waals surface area contributed by atoms with E-state index in [0.29, 0.717) is 13.2 Å². The Morgan fingerprint density at radius 2 is 1.81 bits per heavy atom. The Bertz CT molecular complexity index is 586. The number of halogens is 1. The van der Waals surface area contributed by atoms with Crippen LogP contribution in [0.5, 0.6) is 0 Å². The van der Waals surface area contributed by atoms with E-state index >= 15 is 0 Å². The van der Waals surface area contributed by atoms with Crippen LogP contribution in [0, 0.1) is 0 Å². The Hall–Kier alpha value is -1.84. The smallest absolute Gasteiger partial charge is 0.246 e. The van der Waals surface area contributed by atoms with Gasteiger partial charge in [0.1, 0.15) is 5.38 Å². The molecule has 21 heavy (non-hydrogen) atoms. The van der Waals surface area contributed by atoms with Crippen molar-refractivity contribution in [1.82, 2.24) is 0 Å². The largest absolute Gasteiger partial charge is 0.377 e. The van der Waals surface area contributed by atoms with Crippen molar-refractivity contribution < 1.29 is 9.53 Å². The lowest BCUT2D eigenvalue weighted by atomic mass is 10.1. The Labute approximate surface area is 129 Å². The Morgan fingerprint density at radius 1 is 1.14 bits per heavy atom. The molecule has 1 N–H and O–H groups in total. The van der Waals surface area contributed by atoms with Crippen molar-refractivity contribution in [2.24, 2.45) is 0 Å². The minimum atomic E-state index is -0.716. The summed E-state index contributed by atoms with van der Waals surface area (Å²) in [6, 6.07) is 16.9. The normalized spacial score (nSPS) is 11.9. The van der Waals surface area contributed by atoms with Gasteiger partial charge in [0.2, 0.25) is 5.91 Å². The fraction of sp³-hybridized carbons (Fsp3) is 0.235. The summed E-state index contributed by atoms with van der Waals surface area (Å²) in [5, 5.41) is 2.15. The molecule has 110 valence electrons. The van der Waals surface area contributed by atoms with Gasteiger partial charge in [0.05, 0.1) is 6.61 Å². The van der Waals surface area contributed by atoms with Gasteiger partial charge in [-0.05, 0) is 18.6 Å². The van der Waals surface area contributed by atoms with Crippen molar-refractivity contribution in [3.05, 3.63) is 65.7 Å². The first-order valence-corrected chi connectivity index (χ1v) is 7.31. The van der Waals surface area contributed by atoms with E-state index in [-0.39, 0.29) is 5.91 Å². The zero-order valence-corrected chi connectivity index (χ0v) is 12.6. The second-order valence-corrected chi connectivity index (χ2v) is 4.99.